The molecule has 0 aromatic carbocycles. The van der Waals surface area contributed by atoms with Gasteiger partial charge in [0.1, 0.15) is 11.7 Å². The Morgan fingerprint density at radius 2 is 2.17 bits per heavy atom. The Morgan fingerprint density at radius 1 is 1.44 bits per heavy atom. The molecule has 1 fully saturated rings. The van der Waals surface area contributed by atoms with Crippen LogP contribution in [-0.2, 0) is 0 Å². The number of aromatic nitrogens is 1. The number of hydrogen-bond donors (Lipinski definition) is 4. The predicted molar refractivity (Wildman–Crippen MR) is 61.4 cm³/mol. The Hall–Kier alpha value is -1.50. The SMILES string of the molecule is NC(=O)c1ccc[n+](C2CC(CO)C(O)C2O)c1. The molecule has 1 heterocycles. The van der Waals surface area contributed by atoms with Crippen molar-refractivity contribution in [3.63, 3.8) is 0 Å². The Morgan fingerprint density at radius 3 is 2.72 bits per heavy atom. The minimum atomic E-state index is -0.963. The number of carbonyl (C=O) groups is 1. The van der Waals surface area contributed by atoms with Gasteiger partial charge in [0.2, 0.25) is 0 Å². The highest BCUT2D eigenvalue weighted by Crippen LogP contribution is 2.31. The van der Waals surface area contributed by atoms with E-state index in [1.807, 2.05) is 0 Å². The number of nitrogens with two attached hydrogens (primary N) is 1. The molecule has 0 radical (unpaired) electrons. The summed E-state index contributed by atoms with van der Waals surface area (Å²) in [5.74, 6) is -0.897. The van der Waals surface area contributed by atoms with Crippen molar-refractivity contribution in [2.24, 2.45) is 11.7 Å². The van der Waals surface area contributed by atoms with Gasteiger partial charge in [-0.05, 0) is 6.07 Å². The van der Waals surface area contributed by atoms with Crippen molar-refractivity contribution in [2.75, 3.05) is 6.61 Å². The molecular formula is C12H17N2O4+. The fourth-order valence-corrected chi connectivity index (χ4v) is 2.42. The van der Waals surface area contributed by atoms with Crippen LogP contribution in [0.15, 0.2) is 24.5 Å². The molecule has 6 nitrogen and oxygen atoms in total. The molecule has 4 atom stereocenters. The first-order chi connectivity index (χ1) is 8.54. The van der Waals surface area contributed by atoms with Gasteiger partial charge in [0.15, 0.2) is 18.4 Å². The molecular weight excluding hydrogens is 236 g/mol. The van der Waals surface area contributed by atoms with Crippen LogP contribution in [0, 0.1) is 5.92 Å². The molecule has 98 valence electrons. The second-order valence-electron chi connectivity index (χ2n) is 4.63. The summed E-state index contributed by atoms with van der Waals surface area (Å²) in [6.07, 6.45) is 1.78. The van der Waals surface area contributed by atoms with E-state index in [1.54, 1.807) is 29.1 Å². The fourth-order valence-electron chi connectivity index (χ4n) is 2.42. The summed E-state index contributed by atoms with van der Waals surface area (Å²) in [5, 5.41) is 28.8. The Bertz CT molecular complexity index is 451. The van der Waals surface area contributed by atoms with Gasteiger partial charge in [-0.1, -0.05) is 0 Å². The molecule has 0 saturated heterocycles. The van der Waals surface area contributed by atoms with Crippen LogP contribution in [-0.4, -0.2) is 40.0 Å². The quantitative estimate of drug-likeness (QED) is 0.484. The number of carbonyl (C=O) groups excluding carboxylic acids is 1. The van der Waals surface area contributed by atoms with Crippen molar-refractivity contribution in [1.82, 2.24) is 0 Å². The second kappa shape index (κ2) is 5.01. The maximum Gasteiger partial charge on any atom is 0.254 e. The number of aliphatic hydroxyl groups is 3. The average Bonchev–Trinajstić information content (AvgIpc) is 2.66. The van der Waals surface area contributed by atoms with E-state index in [-0.39, 0.29) is 18.6 Å². The molecule has 1 aliphatic rings. The van der Waals surface area contributed by atoms with E-state index in [1.165, 1.54) is 0 Å². The van der Waals surface area contributed by atoms with Crippen LogP contribution >= 0.6 is 0 Å². The summed E-state index contributed by atoms with van der Waals surface area (Å²) in [4.78, 5) is 11.1. The minimum absolute atomic E-state index is 0.176. The third kappa shape index (κ3) is 2.22. The number of nitrogens with zero attached hydrogens (tertiary/aromatic N) is 1. The highest BCUT2D eigenvalue weighted by atomic mass is 16.3. The molecule has 1 amide bonds. The summed E-state index contributed by atoms with van der Waals surface area (Å²) in [5.41, 5.74) is 5.53. The standard InChI is InChI=1S/C12H16N2O4/c13-12(18)7-2-1-3-14(5-7)9-4-8(6-15)10(16)11(9)17/h1-3,5,8-11,15-17H,4,6H2,(H-,13,18)/p+1. The van der Waals surface area contributed by atoms with Gasteiger partial charge in [0, 0.05) is 25.0 Å². The molecule has 0 spiro atoms. The first kappa shape index (κ1) is 12.9. The molecule has 2 rings (SSSR count). The number of primary amides is 1. The van der Waals surface area contributed by atoms with Gasteiger partial charge >= 0.3 is 0 Å². The van der Waals surface area contributed by atoms with E-state index in [4.69, 9.17) is 10.8 Å². The molecule has 0 bridgehead atoms. The number of hydrogen-bond acceptors (Lipinski definition) is 4. The summed E-state index contributed by atoms with van der Waals surface area (Å²) < 4.78 is 1.66. The van der Waals surface area contributed by atoms with Crippen LogP contribution in [0.1, 0.15) is 22.8 Å². The first-order valence-electron chi connectivity index (χ1n) is 5.82. The number of rotatable bonds is 3. The number of aliphatic hydroxyl groups excluding tert-OH is 3. The molecule has 1 aromatic rings. The third-order valence-corrected chi connectivity index (χ3v) is 3.50. The van der Waals surface area contributed by atoms with Crippen LogP contribution in [0.25, 0.3) is 0 Å². The van der Waals surface area contributed by atoms with Crippen LogP contribution in [0.3, 0.4) is 0 Å². The molecule has 1 saturated carbocycles. The van der Waals surface area contributed by atoms with E-state index >= 15 is 0 Å². The zero-order chi connectivity index (χ0) is 13.3. The van der Waals surface area contributed by atoms with Crippen molar-refractivity contribution >= 4 is 5.91 Å². The lowest BCUT2D eigenvalue weighted by Crippen LogP contribution is -2.45. The van der Waals surface area contributed by atoms with E-state index in [9.17, 15) is 15.0 Å². The Labute approximate surface area is 104 Å². The van der Waals surface area contributed by atoms with Crippen molar-refractivity contribution in [3.8, 4) is 0 Å². The van der Waals surface area contributed by atoms with E-state index in [0.717, 1.165) is 0 Å². The van der Waals surface area contributed by atoms with Crippen molar-refractivity contribution in [2.45, 2.75) is 24.7 Å². The van der Waals surface area contributed by atoms with E-state index < -0.39 is 18.1 Å². The summed E-state index contributed by atoms with van der Waals surface area (Å²) >= 11 is 0. The molecule has 5 N–H and O–H groups in total. The lowest BCUT2D eigenvalue weighted by molar-refractivity contribution is -0.728. The van der Waals surface area contributed by atoms with Crippen molar-refractivity contribution in [1.29, 1.82) is 0 Å². The van der Waals surface area contributed by atoms with Gasteiger partial charge in [0.05, 0.1) is 6.10 Å². The molecule has 0 aliphatic heterocycles. The summed E-state index contributed by atoms with van der Waals surface area (Å²) in [6, 6.07) is 2.88. The van der Waals surface area contributed by atoms with Gasteiger partial charge in [-0.3, -0.25) is 4.79 Å². The monoisotopic (exact) mass is 253 g/mol. The van der Waals surface area contributed by atoms with Crippen LogP contribution in [0.4, 0.5) is 0 Å². The van der Waals surface area contributed by atoms with Crippen LogP contribution < -0.4 is 10.3 Å². The summed E-state index contributed by atoms with van der Waals surface area (Å²) in [7, 11) is 0. The zero-order valence-electron chi connectivity index (χ0n) is 9.81. The largest absolute Gasteiger partial charge is 0.396 e. The molecule has 1 aromatic heterocycles. The number of pyridine rings is 1. The van der Waals surface area contributed by atoms with E-state index in [2.05, 4.69) is 0 Å². The van der Waals surface area contributed by atoms with Gasteiger partial charge in [-0.15, -0.1) is 0 Å². The van der Waals surface area contributed by atoms with Crippen molar-refractivity contribution in [3.05, 3.63) is 30.1 Å². The van der Waals surface area contributed by atoms with Crippen LogP contribution in [0.2, 0.25) is 0 Å². The number of amides is 1. The van der Waals surface area contributed by atoms with Gasteiger partial charge in [-0.25, -0.2) is 0 Å². The highest BCUT2D eigenvalue weighted by molar-refractivity contribution is 5.92. The Balaban J connectivity index is 2.27. The smallest absolute Gasteiger partial charge is 0.254 e. The fraction of sp³-hybridized carbons (Fsp3) is 0.500. The lowest BCUT2D eigenvalue weighted by Gasteiger charge is -2.13. The minimum Gasteiger partial charge on any atom is -0.396 e. The average molecular weight is 253 g/mol. The van der Waals surface area contributed by atoms with Crippen molar-refractivity contribution < 1.29 is 24.7 Å². The summed E-state index contributed by atoms with van der Waals surface area (Å²) in [6.45, 7) is -0.176. The van der Waals surface area contributed by atoms with E-state index in [0.29, 0.717) is 12.0 Å². The van der Waals surface area contributed by atoms with Crippen LogP contribution in [0.5, 0.6) is 0 Å². The predicted octanol–water partition coefficient (Wildman–Crippen LogP) is -1.65. The van der Waals surface area contributed by atoms with Gasteiger partial charge in [0.25, 0.3) is 5.91 Å². The normalized spacial score (nSPS) is 31.5. The second-order valence-corrected chi connectivity index (χ2v) is 4.63. The Kier molecular flexibility index (Phi) is 3.60. The highest BCUT2D eigenvalue weighted by Gasteiger charge is 2.46. The molecule has 6 heteroatoms. The molecule has 4 unspecified atom stereocenters. The topological polar surface area (TPSA) is 108 Å². The maximum absolute atomic E-state index is 11.1. The molecule has 1 aliphatic carbocycles. The third-order valence-electron chi connectivity index (χ3n) is 3.50. The van der Waals surface area contributed by atoms with Gasteiger partial charge < -0.3 is 21.1 Å². The lowest BCUT2D eigenvalue weighted by atomic mass is 10.1. The first-order valence-corrected chi connectivity index (χ1v) is 5.82. The van der Waals surface area contributed by atoms with Gasteiger partial charge in [-0.2, -0.15) is 4.57 Å². The maximum atomic E-state index is 11.1. The zero-order valence-corrected chi connectivity index (χ0v) is 9.81. The molecule has 18 heavy (non-hydrogen) atoms.